The van der Waals surface area contributed by atoms with Gasteiger partial charge in [0.05, 0.1) is 16.8 Å². The van der Waals surface area contributed by atoms with Crippen molar-refractivity contribution in [2.45, 2.75) is 26.4 Å². The smallest absolute Gasteiger partial charge is 0.339 e. The molecule has 0 saturated carbocycles. The monoisotopic (exact) mass is 489 g/mol. The number of nitrogens with zero attached hydrogens (tertiary/aromatic N) is 1. The molecule has 0 saturated heterocycles. The summed E-state index contributed by atoms with van der Waals surface area (Å²) in [5.41, 5.74) is 6.42. The number of para-hydroxylation sites is 1. The third kappa shape index (κ3) is 4.27. The summed E-state index contributed by atoms with van der Waals surface area (Å²) in [5, 5.41) is 11.1. The van der Waals surface area contributed by atoms with Gasteiger partial charge in [-0.05, 0) is 72.4 Å². The molecule has 2 aromatic heterocycles. The van der Waals surface area contributed by atoms with E-state index >= 15 is 0 Å². The molecular weight excluding hydrogens is 466 g/mol. The summed E-state index contributed by atoms with van der Waals surface area (Å²) in [7, 11) is 0. The molecule has 3 aromatic carbocycles. The maximum atomic E-state index is 13.6. The number of ether oxygens (including phenoxy) is 1. The molecule has 6 nitrogen and oxygen atoms in total. The van der Waals surface area contributed by atoms with Crippen LogP contribution in [0.1, 0.15) is 44.7 Å². The average molecular weight is 490 g/mol. The molecule has 6 rings (SSSR count). The van der Waals surface area contributed by atoms with Crippen molar-refractivity contribution in [2.24, 2.45) is 0 Å². The Morgan fingerprint density at radius 1 is 1.03 bits per heavy atom. The van der Waals surface area contributed by atoms with Crippen LogP contribution in [0, 0.1) is 6.92 Å². The van der Waals surface area contributed by atoms with Crippen molar-refractivity contribution in [1.82, 2.24) is 4.98 Å². The van der Waals surface area contributed by atoms with Crippen LogP contribution in [-0.4, -0.2) is 16.1 Å². The second-order valence-corrected chi connectivity index (χ2v) is 9.26. The summed E-state index contributed by atoms with van der Waals surface area (Å²) in [5.74, 6) is -0.239. The largest absolute Gasteiger partial charge is 0.508 e. The zero-order valence-corrected chi connectivity index (χ0v) is 20.2. The number of hydrogen-bond donors (Lipinski definition) is 1. The van der Waals surface area contributed by atoms with E-state index < -0.39 is 11.6 Å². The van der Waals surface area contributed by atoms with E-state index in [4.69, 9.17) is 14.1 Å². The molecule has 1 aliphatic rings. The fraction of sp³-hybridized carbons (Fsp3) is 0.129. The third-order valence-electron chi connectivity index (χ3n) is 6.72. The number of aromatic hydroxyl groups is 1. The Morgan fingerprint density at radius 2 is 1.84 bits per heavy atom. The predicted octanol–water partition coefficient (Wildman–Crippen LogP) is 6.20. The van der Waals surface area contributed by atoms with Crippen LogP contribution in [0.4, 0.5) is 0 Å². The molecule has 0 radical (unpaired) electrons. The Bertz CT molecular complexity index is 1780. The Kier molecular flexibility index (Phi) is 5.57. The molecule has 182 valence electrons. The van der Waals surface area contributed by atoms with Gasteiger partial charge in [0.2, 0.25) is 0 Å². The first-order valence-electron chi connectivity index (χ1n) is 12.1. The van der Waals surface area contributed by atoms with Crippen LogP contribution < -0.4 is 5.63 Å². The van der Waals surface area contributed by atoms with Crippen molar-refractivity contribution in [3.63, 3.8) is 0 Å². The first kappa shape index (κ1) is 22.7. The van der Waals surface area contributed by atoms with Crippen LogP contribution in [0.5, 0.6) is 5.75 Å². The van der Waals surface area contributed by atoms with Gasteiger partial charge in [-0.25, -0.2) is 14.6 Å². The molecule has 6 heteroatoms. The standard InChI is InChI=1S/C31H23NO5/c1-18-6-12-23-21(16-28(34)37-27(23)14-18)17-36-31(35)29-24-4-2-3-5-26(24)32-30-20(9-13-25(29)30)15-19-7-10-22(33)11-8-19/h2-8,10-12,14-16,33H,9,13,17H2,1H3/b20-15+. The minimum atomic E-state index is -0.483. The van der Waals surface area contributed by atoms with E-state index in [2.05, 4.69) is 0 Å². The molecule has 37 heavy (non-hydrogen) atoms. The number of carbonyl (C=O) groups excluding carboxylic acids is 1. The second kappa shape index (κ2) is 9.06. The number of aromatic nitrogens is 1. The number of esters is 1. The summed E-state index contributed by atoms with van der Waals surface area (Å²) in [4.78, 5) is 30.6. The van der Waals surface area contributed by atoms with Gasteiger partial charge in [-0.2, -0.15) is 0 Å². The summed E-state index contributed by atoms with van der Waals surface area (Å²) in [6.07, 6.45) is 3.45. The van der Waals surface area contributed by atoms with E-state index in [1.807, 2.05) is 61.5 Å². The maximum Gasteiger partial charge on any atom is 0.339 e. The number of aryl methyl sites for hydroxylation is 1. The molecule has 1 N–H and O–H groups in total. The first-order chi connectivity index (χ1) is 18.0. The van der Waals surface area contributed by atoms with E-state index in [0.29, 0.717) is 28.6 Å². The van der Waals surface area contributed by atoms with Crippen LogP contribution >= 0.6 is 0 Å². The number of pyridine rings is 1. The highest BCUT2D eigenvalue weighted by Crippen LogP contribution is 2.38. The molecule has 1 aliphatic carbocycles. The van der Waals surface area contributed by atoms with Crippen LogP contribution in [-0.2, 0) is 17.8 Å². The maximum absolute atomic E-state index is 13.6. The van der Waals surface area contributed by atoms with E-state index in [1.165, 1.54) is 6.07 Å². The quantitative estimate of drug-likeness (QED) is 0.239. The molecule has 0 aliphatic heterocycles. The van der Waals surface area contributed by atoms with Crippen LogP contribution in [0.25, 0.3) is 33.5 Å². The van der Waals surface area contributed by atoms with Crippen molar-refractivity contribution in [3.8, 4) is 5.75 Å². The predicted molar refractivity (Wildman–Crippen MR) is 142 cm³/mol. The lowest BCUT2D eigenvalue weighted by Crippen LogP contribution is -2.11. The summed E-state index contributed by atoms with van der Waals surface area (Å²) < 4.78 is 11.1. The minimum absolute atomic E-state index is 0.0500. The number of phenolic OH excluding ortho intramolecular Hbond substituents is 1. The van der Waals surface area contributed by atoms with Gasteiger partial charge in [0.15, 0.2) is 0 Å². The summed E-state index contributed by atoms with van der Waals surface area (Å²) in [6, 6.07) is 21.5. The number of rotatable bonds is 4. The fourth-order valence-electron chi connectivity index (χ4n) is 4.96. The Morgan fingerprint density at radius 3 is 2.68 bits per heavy atom. The zero-order chi connectivity index (χ0) is 25.5. The van der Waals surface area contributed by atoms with Crippen LogP contribution in [0.15, 0.2) is 82.0 Å². The normalized spacial score (nSPS) is 13.8. The van der Waals surface area contributed by atoms with Gasteiger partial charge < -0.3 is 14.3 Å². The number of benzene rings is 3. The molecule has 0 unspecified atom stereocenters. The third-order valence-corrected chi connectivity index (χ3v) is 6.72. The second-order valence-electron chi connectivity index (χ2n) is 9.26. The van der Waals surface area contributed by atoms with Crippen molar-refractivity contribution in [2.75, 3.05) is 0 Å². The molecule has 2 heterocycles. The Balaban J connectivity index is 1.39. The van der Waals surface area contributed by atoms with E-state index in [9.17, 15) is 14.7 Å². The molecular formula is C31H23NO5. The molecule has 0 bridgehead atoms. The van der Waals surface area contributed by atoms with Gasteiger partial charge in [0.25, 0.3) is 0 Å². The van der Waals surface area contributed by atoms with Gasteiger partial charge in [-0.15, -0.1) is 0 Å². The highest BCUT2D eigenvalue weighted by molar-refractivity contribution is 6.07. The number of carbonyl (C=O) groups is 1. The topological polar surface area (TPSA) is 89.6 Å². The first-order valence-corrected chi connectivity index (χ1v) is 12.1. The van der Waals surface area contributed by atoms with Crippen LogP contribution in [0.2, 0.25) is 0 Å². The number of hydrogen-bond acceptors (Lipinski definition) is 6. The fourth-order valence-corrected chi connectivity index (χ4v) is 4.96. The lowest BCUT2D eigenvalue weighted by Gasteiger charge is -2.13. The van der Waals surface area contributed by atoms with Gasteiger partial charge in [-0.3, -0.25) is 0 Å². The van der Waals surface area contributed by atoms with Gasteiger partial charge in [0, 0.05) is 22.4 Å². The van der Waals surface area contributed by atoms with Crippen molar-refractivity contribution >= 4 is 39.5 Å². The average Bonchev–Trinajstić information content (AvgIpc) is 3.28. The number of allylic oxidation sites excluding steroid dienone is 1. The lowest BCUT2D eigenvalue weighted by atomic mass is 10.0. The lowest BCUT2D eigenvalue weighted by molar-refractivity contribution is 0.0475. The highest BCUT2D eigenvalue weighted by Gasteiger charge is 2.27. The molecule has 0 atom stereocenters. The SMILES string of the molecule is Cc1ccc2c(COC(=O)c3c4c(nc5ccccc35)/C(=C/c3ccc(O)cc3)CC4)cc(=O)oc2c1. The molecule has 5 aromatic rings. The van der Waals surface area contributed by atoms with Gasteiger partial charge >= 0.3 is 11.6 Å². The molecule has 0 fully saturated rings. The van der Waals surface area contributed by atoms with Gasteiger partial charge in [0.1, 0.15) is 17.9 Å². The van der Waals surface area contributed by atoms with Crippen LogP contribution in [0.3, 0.4) is 0 Å². The van der Waals surface area contributed by atoms with E-state index in [1.54, 1.807) is 18.2 Å². The zero-order valence-electron chi connectivity index (χ0n) is 20.2. The minimum Gasteiger partial charge on any atom is -0.508 e. The van der Waals surface area contributed by atoms with Crippen molar-refractivity contribution < 1.29 is 19.1 Å². The van der Waals surface area contributed by atoms with E-state index in [0.717, 1.165) is 45.2 Å². The molecule has 0 spiro atoms. The number of fused-ring (bicyclic) bond motifs is 3. The summed E-state index contributed by atoms with van der Waals surface area (Å²) >= 11 is 0. The van der Waals surface area contributed by atoms with Crippen molar-refractivity contribution in [1.29, 1.82) is 0 Å². The highest BCUT2D eigenvalue weighted by atomic mass is 16.5. The van der Waals surface area contributed by atoms with Gasteiger partial charge in [-0.1, -0.05) is 42.5 Å². The van der Waals surface area contributed by atoms with E-state index in [-0.39, 0.29) is 12.4 Å². The summed E-state index contributed by atoms with van der Waals surface area (Å²) in [6.45, 7) is 1.87. The van der Waals surface area contributed by atoms with Crippen molar-refractivity contribution in [3.05, 3.63) is 117 Å². The Hall–Kier alpha value is -4.71. The number of phenols is 1. The molecule has 0 amide bonds. The Labute approximate surface area is 212 Å².